The first-order valence-electron chi connectivity index (χ1n) is 13.4. The summed E-state index contributed by atoms with van der Waals surface area (Å²) in [6.45, 7) is 10.9. The minimum absolute atomic E-state index is 0.492. The molecular formula is C36H34O2. The molecular weight excluding hydrogens is 464 g/mol. The number of fused-ring (bicyclic) bond motifs is 2. The number of benzene rings is 5. The van der Waals surface area contributed by atoms with E-state index in [0.29, 0.717) is 13.2 Å². The number of hydrogen-bond acceptors (Lipinski definition) is 2. The van der Waals surface area contributed by atoms with Crippen LogP contribution in [0.3, 0.4) is 0 Å². The van der Waals surface area contributed by atoms with E-state index in [2.05, 4.69) is 111 Å². The van der Waals surface area contributed by atoms with E-state index in [9.17, 15) is 0 Å². The van der Waals surface area contributed by atoms with Crippen LogP contribution >= 0.6 is 0 Å². The molecule has 0 saturated carbocycles. The van der Waals surface area contributed by atoms with Crippen LogP contribution in [0, 0.1) is 0 Å². The Morgan fingerprint density at radius 2 is 1.13 bits per heavy atom. The maximum Gasteiger partial charge on any atom is 0.136 e. The first-order chi connectivity index (χ1) is 18.7. The van der Waals surface area contributed by atoms with Gasteiger partial charge in [-0.15, -0.1) is 0 Å². The van der Waals surface area contributed by atoms with Gasteiger partial charge in [0.15, 0.2) is 0 Å². The highest BCUT2D eigenvalue weighted by atomic mass is 16.5. The highest BCUT2D eigenvalue weighted by Gasteiger charge is 2.19. The van der Waals surface area contributed by atoms with E-state index in [1.165, 1.54) is 5.56 Å². The second kappa shape index (κ2) is 11.8. The summed E-state index contributed by atoms with van der Waals surface area (Å²) >= 11 is 0. The van der Waals surface area contributed by atoms with Crippen LogP contribution in [0.15, 0.2) is 104 Å². The first kappa shape index (κ1) is 25.4. The van der Waals surface area contributed by atoms with Gasteiger partial charge in [0, 0.05) is 21.5 Å². The minimum atomic E-state index is 0.492. The summed E-state index contributed by atoms with van der Waals surface area (Å²) in [6, 6.07) is 31.7. The van der Waals surface area contributed by atoms with E-state index in [4.69, 9.17) is 9.47 Å². The fraction of sp³-hybridized carbons (Fsp3) is 0.167. The summed E-state index contributed by atoms with van der Waals surface area (Å²) in [4.78, 5) is 0. The van der Waals surface area contributed by atoms with Crippen molar-refractivity contribution in [1.82, 2.24) is 0 Å². The van der Waals surface area contributed by atoms with Crippen molar-refractivity contribution in [2.45, 2.75) is 39.4 Å². The second-order valence-electron chi connectivity index (χ2n) is 9.62. The molecule has 0 heterocycles. The molecule has 2 heteroatoms. The Kier molecular flexibility index (Phi) is 7.89. The fourth-order valence-corrected chi connectivity index (χ4v) is 4.91. The van der Waals surface area contributed by atoms with Gasteiger partial charge in [-0.05, 0) is 40.7 Å². The Morgan fingerprint density at radius 1 is 0.605 bits per heavy atom. The molecule has 5 aromatic carbocycles. The van der Waals surface area contributed by atoms with Crippen molar-refractivity contribution < 1.29 is 9.47 Å². The molecule has 38 heavy (non-hydrogen) atoms. The standard InChI is InChI=1S/C36H34O2/c1-4-7-11-30-12-10-15-33-34(30)36(38-25-29-22-18-27(6-3)19-23-29)32-14-9-8-13-31(32)35(33)37-24-28-20-16-26(5-2)17-21-28/h5-6,8-10,12-23H,2-4,7,11,24-25H2,1H3. The number of hydrogen-bond donors (Lipinski definition) is 0. The lowest BCUT2D eigenvalue weighted by molar-refractivity contribution is 0.308. The molecule has 0 N–H and O–H groups in total. The van der Waals surface area contributed by atoms with Gasteiger partial charge in [0.25, 0.3) is 0 Å². The van der Waals surface area contributed by atoms with Gasteiger partial charge >= 0.3 is 0 Å². The van der Waals surface area contributed by atoms with Crippen molar-refractivity contribution in [2.75, 3.05) is 0 Å². The largest absolute Gasteiger partial charge is 0.488 e. The predicted molar refractivity (Wildman–Crippen MR) is 162 cm³/mol. The third kappa shape index (κ3) is 5.35. The van der Waals surface area contributed by atoms with Gasteiger partial charge in [-0.3, -0.25) is 0 Å². The quantitative estimate of drug-likeness (QED) is 0.169. The molecule has 0 atom stereocenters. The molecule has 0 aliphatic heterocycles. The van der Waals surface area contributed by atoms with Crippen molar-refractivity contribution in [1.29, 1.82) is 0 Å². The minimum Gasteiger partial charge on any atom is -0.488 e. The van der Waals surface area contributed by atoms with Gasteiger partial charge < -0.3 is 9.47 Å². The van der Waals surface area contributed by atoms with Crippen LogP contribution < -0.4 is 9.47 Å². The Morgan fingerprint density at radius 3 is 1.68 bits per heavy atom. The van der Waals surface area contributed by atoms with E-state index in [0.717, 1.165) is 74.6 Å². The van der Waals surface area contributed by atoms with Gasteiger partial charge in [-0.1, -0.05) is 130 Å². The molecule has 5 aromatic rings. The average molecular weight is 499 g/mol. The summed E-state index contributed by atoms with van der Waals surface area (Å²) in [7, 11) is 0. The van der Waals surface area contributed by atoms with E-state index in [1.807, 2.05) is 12.2 Å². The van der Waals surface area contributed by atoms with Crippen LogP contribution in [0.1, 0.15) is 47.6 Å². The fourth-order valence-electron chi connectivity index (χ4n) is 4.91. The molecule has 0 spiro atoms. The Hall–Kier alpha value is -4.30. The number of ether oxygens (including phenoxy) is 2. The topological polar surface area (TPSA) is 18.5 Å². The van der Waals surface area contributed by atoms with Crippen molar-refractivity contribution in [3.8, 4) is 11.5 Å². The lowest BCUT2D eigenvalue weighted by atomic mass is 9.94. The molecule has 0 radical (unpaired) electrons. The zero-order valence-corrected chi connectivity index (χ0v) is 22.1. The number of aryl methyl sites for hydroxylation is 1. The van der Waals surface area contributed by atoms with E-state index in [-0.39, 0.29) is 0 Å². The lowest BCUT2D eigenvalue weighted by Gasteiger charge is -2.20. The second-order valence-corrected chi connectivity index (χ2v) is 9.62. The maximum atomic E-state index is 6.67. The molecule has 5 rings (SSSR count). The molecule has 0 saturated heterocycles. The highest BCUT2D eigenvalue weighted by Crippen LogP contribution is 2.45. The highest BCUT2D eigenvalue weighted by molar-refractivity contribution is 6.12. The monoisotopic (exact) mass is 498 g/mol. The van der Waals surface area contributed by atoms with Crippen molar-refractivity contribution in [3.05, 3.63) is 132 Å². The molecule has 0 amide bonds. The molecule has 190 valence electrons. The maximum absolute atomic E-state index is 6.67. The molecule has 0 aliphatic rings. The summed E-state index contributed by atoms with van der Waals surface area (Å²) in [6.07, 6.45) is 6.98. The van der Waals surface area contributed by atoms with Gasteiger partial charge in [0.1, 0.15) is 24.7 Å². The summed E-state index contributed by atoms with van der Waals surface area (Å²) < 4.78 is 13.3. The number of rotatable bonds is 11. The molecule has 0 aromatic heterocycles. The van der Waals surface area contributed by atoms with Gasteiger partial charge in [0.05, 0.1) is 0 Å². The van der Waals surface area contributed by atoms with E-state index < -0.39 is 0 Å². The third-order valence-corrected chi connectivity index (χ3v) is 7.04. The lowest BCUT2D eigenvalue weighted by Crippen LogP contribution is -2.02. The summed E-state index contributed by atoms with van der Waals surface area (Å²) in [5.74, 6) is 1.84. The van der Waals surface area contributed by atoms with Crippen molar-refractivity contribution >= 4 is 33.7 Å². The van der Waals surface area contributed by atoms with Crippen LogP contribution in [0.4, 0.5) is 0 Å². The Bertz CT molecular complexity index is 1560. The summed E-state index contributed by atoms with van der Waals surface area (Å²) in [5.41, 5.74) is 5.76. The van der Waals surface area contributed by atoms with Crippen molar-refractivity contribution in [3.63, 3.8) is 0 Å². The first-order valence-corrected chi connectivity index (χ1v) is 13.4. The summed E-state index contributed by atoms with van der Waals surface area (Å²) in [5, 5.41) is 4.38. The van der Waals surface area contributed by atoms with E-state index in [1.54, 1.807) is 0 Å². The Balaban J connectivity index is 1.61. The van der Waals surface area contributed by atoms with Gasteiger partial charge in [0.2, 0.25) is 0 Å². The van der Waals surface area contributed by atoms with Crippen LogP contribution in [0.25, 0.3) is 33.7 Å². The molecule has 0 fully saturated rings. The molecule has 2 nitrogen and oxygen atoms in total. The van der Waals surface area contributed by atoms with Gasteiger partial charge in [-0.2, -0.15) is 0 Å². The smallest absolute Gasteiger partial charge is 0.136 e. The molecule has 0 unspecified atom stereocenters. The SMILES string of the molecule is C=Cc1ccc(COc2c3ccccc3c(OCc3ccc(C=C)cc3)c3c(CCCC)cccc23)cc1. The predicted octanol–water partition coefficient (Wildman–Crippen LogP) is 9.78. The zero-order chi connectivity index (χ0) is 26.3. The van der Waals surface area contributed by atoms with E-state index >= 15 is 0 Å². The van der Waals surface area contributed by atoms with Crippen LogP contribution in [0.5, 0.6) is 11.5 Å². The van der Waals surface area contributed by atoms with Crippen molar-refractivity contribution in [2.24, 2.45) is 0 Å². The number of unbranched alkanes of at least 4 members (excludes halogenated alkanes) is 1. The van der Waals surface area contributed by atoms with Crippen LogP contribution in [-0.2, 0) is 19.6 Å². The zero-order valence-electron chi connectivity index (χ0n) is 22.1. The molecule has 0 aliphatic carbocycles. The third-order valence-electron chi connectivity index (χ3n) is 7.04. The molecule has 0 bridgehead atoms. The average Bonchev–Trinajstić information content (AvgIpc) is 2.98. The van der Waals surface area contributed by atoms with Crippen LogP contribution in [0.2, 0.25) is 0 Å². The Labute approximate surface area is 225 Å². The van der Waals surface area contributed by atoms with Crippen LogP contribution in [-0.4, -0.2) is 0 Å². The normalized spacial score (nSPS) is 11.0. The van der Waals surface area contributed by atoms with Gasteiger partial charge in [-0.25, -0.2) is 0 Å².